The Morgan fingerprint density at radius 1 is 1.30 bits per heavy atom. The van der Waals surface area contributed by atoms with Gasteiger partial charge in [-0.1, -0.05) is 57.3 Å². The van der Waals surface area contributed by atoms with Crippen molar-refractivity contribution in [3.8, 4) is 0 Å². The molecule has 0 bridgehead atoms. The Balaban J connectivity index is 3.18. The van der Waals surface area contributed by atoms with Gasteiger partial charge >= 0.3 is 0 Å². The molecule has 1 fully saturated rings. The highest BCUT2D eigenvalue weighted by Gasteiger charge is 2.54. The van der Waals surface area contributed by atoms with Gasteiger partial charge in [-0.2, -0.15) is 0 Å². The van der Waals surface area contributed by atoms with Crippen molar-refractivity contribution in [1.29, 1.82) is 0 Å². The third-order valence-electron chi connectivity index (χ3n) is 4.63. The van der Waals surface area contributed by atoms with Crippen LogP contribution in [0.5, 0.6) is 0 Å². The first-order valence-electron chi connectivity index (χ1n) is 7.81. The average Bonchev–Trinajstić information content (AvgIpc) is 2.38. The number of halogens is 2. The van der Waals surface area contributed by atoms with Gasteiger partial charge in [0, 0.05) is 5.66 Å². The summed E-state index contributed by atoms with van der Waals surface area (Å²) in [6.45, 7) is 10.7. The molecule has 20 heavy (non-hydrogen) atoms. The highest BCUT2D eigenvalue weighted by atomic mass is 35.5. The summed E-state index contributed by atoms with van der Waals surface area (Å²) in [6, 6.07) is 0. The molecule has 0 radical (unpaired) electrons. The lowest BCUT2D eigenvalue weighted by Crippen LogP contribution is -2.36. The van der Waals surface area contributed by atoms with Crippen LogP contribution < -0.4 is 0 Å². The second-order valence-electron chi connectivity index (χ2n) is 6.43. The van der Waals surface area contributed by atoms with Crippen molar-refractivity contribution in [2.24, 2.45) is 17.8 Å². The first-order chi connectivity index (χ1) is 9.19. The quantitative estimate of drug-likeness (QED) is 0.418. The van der Waals surface area contributed by atoms with Crippen LogP contribution in [-0.4, -0.2) is 16.3 Å². The molecule has 0 amide bonds. The predicted molar refractivity (Wildman–Crippen MR) is 89.1 cm³/mol. The lowest BCUT2D eigenvalue weighted by Gasteiger charge is -2.44. The molecule has 0 aromatic rings. The molecule has 4 unspecified atom stereocenters. The van der Waals surface area contributed by atoms with Gasteiger partial charge in [0.15, 0.2) is 4.07 Å². The summed E-state index contributed by atoms with van der Waals surface area (Å²) in [5.41, 5.74) is -0.0128. The number of alkyl halides is 2. The van der Waals surface area contributed by atoms with Crippen molar-refractivity contribution in [3.63, 3.8) is 0 Å². The van der Waals surface area contributed by atoms with Crippen molar-refractivity contribution in [2.45, 2.75) is 70.0 Å². The molecule has 1 saturated carbocycles. The van der Waals surface area contributed by atoms with E-state index < -0.39 is 11.4 Å². The molecule has 2 nitrogen and oxygen atoms in total. The minimum absolute atomic E-state index is 0.0128. The molecule has 0 saturated heterocycles. The molecule has 1 aliphatic rings. The Morgan fingerprint density at radius 2 is 1.90 bits per heavy atom. The van der Waals surface area contributed by atoms with Crippen LogP contribution in [0, 0.1) is 17.8 Å². The van der Waals surface area contributed by atoms with Gasteiger partial charge < -0.3 is 4.52 Å². The minimum Gasteiger partial charge on any atom is -0.327 e. The van der Waals surface area contributed by atoms with E-state index in [0.29, 0.717) is 30.8 Å². The molecule has 0 aromatic heterocycles. The SMILES string of the molecule is CCOP(=O)(C1CC(C)CCC1C(C)C)C(Cl)(Cl)CC. The zero-order valence-electron chi connectivity index (χ0n) is 13.4. The van der Waals surface area contributed by atoms with Gasteiger partial charge in [-0.05, 0) is 43.9 Å². The molecule has 1 rings (SSSR count). The van der Waals surface area contributed by atoms with Gasteiger partial charge in [0.05, 0.1) is 6.61 Å². The normalized spacial score (nSPS) is 31.3. The van der Waals surface area contributed by atoms with Crippen LogP contribution in [0.2, 0.25) is 0 Å². The fourth-order valence-corrected chi connectivity index (χ4v) is 7.76. The summed E-state index contributed by atoms with van der Waals surface area (Å²) in [4.78, 5) is 0. The average molecular weight is 343 g/mol. The maximum absolute atomic E-state index is 13.6. The van der Waals surface area contributed by atoms with Crippen molar-refractivity contribution < 1.29 is 9.09 Å². The van der Waals surface area contributed by atoms with Crippen LogP contribution in [0.1, 0.15) is 60.3 Å². The molecule has 0 aliphatic heterocycles. The molecular weight excluding hydrogens is 314 g/mol. The van der Waals surface area contributed by atoms with Crippen LogP contribution >= 0.6 is 30.6 Å². The van der Waals surface area contributed by atoms with Gasteiger partial charge in [0.25, 0.3) is 0 Å². The summed E-state index contributed by atoms with van der Waals surface area (Å²) < 4.78 is 18.1. The molecule has 5 heteroatoms. The molecule has 0 spiro atoms. The van der Waals surface area contributed by atoms with E-state index in [4.69, 9.17) is 27.7 Å². The number of hydrogen-bond acceptors (Lipinski definition) is 2. The molecular formula is C15H29Cl2O2P. The second-order valence-corrected chi connectivity index (χ2v) is 11.3. The second kappa shape index (κ2) is 7.36. The van der Waals surface area contributed by atoms with E-state index in [2.05, 4.69) is 20.8 Å². The van der Waals surface area contributed by atoms with E-state index in [0.717, 1.165) is 12.8 Å². The first-order valence-corrected chi connectivity index (χ1v) is 10.3. The van der Waals surface area contributed by atoms with Crippen LogP contribution in [0.15, 0.2) is 0 Å². The van der Waals surface area contributed by atoms with E-state index in [1.165, 1.54) is 6.42 Å². The first kappa shape index (κ1) is 18.8. The highest BCUT2D eigenvalue weighted by molar-refractivity contribution is 7.65. The molecule has 0 heterocycles. The summed E-state index contributed by atoms with van der Waals surface area (Å²) >= 11 is 12.9. The maximum atomic E-state index is 13.6. The van der Waals surface area contributed by atoms with Crippen molar-refractivity contribution >= 4 is 30.6 Å². The van der Waals surface area contributed by atoms with E-state index in [-0.39, 0.29) is 5.66 Å². The van der Waals surface area contributed by atoms with E-state index in [9.17, 15) is 4.57 Å². The van der Waals surface area contributed by atoms with Crippen LogP contribution in [0.25, 0.3) is 0 Å². The van der Waals surface area contributed by atoms with Crippen LogP contribution in [0.4, 0.5) is 0 Å². The Bertz CT molecular complexity index is 358. The monoisotopic (exact) mass is 342 g/mol. The fourth-order valence-electron chi connectivity index (χ4n) is 3.39. The molecule has 4 atom stereocenters. The molecule has 120 valence electrons. The Kier molecular flexibility index (Phi) is 6.92. The standard InChI is InChI=1S/C15H29Cl2O2P/c1-6-15(16,17)20(18,19-7-2)14-10-12(5)8-9-13(14)11(3)4/h11-14H,6-10H2,1-5H3. The number of rotatable bonds is 6. The highest BCUT2D eigenvalue weighted by Crippen LogP contribution is 2.72. The van der Waals surface area contributed by atoms with Crippen molar-refractivity contribution in [1.82, 2.24) is 0 Å². The Morgan fingerprint density at radius 3 is 2.35 bits per heavy atom. The van der Waals surface area contributed by atoms with E-state index in [1.807, 2.05) is 13.8 Å². The largest absolute Gasteiger partial charge is 0.327 e. The number of hydrogen-bond donors (Lipinski definition) is 0. The molecule has 1 aliphatic carbocycles. The lowest BCUT2D eigenvalue weighted by atomic mass is 9.77. The summed E-state index contributed by atoms with van der Waals surface area (Å²) in [5, 5.41) is 0. The predicted octanol–water partition coefficient (Wildman–Crippen LogP) is 6.30. The van der Waals surface area contributed by atoms with Crippen molar-refractivity contribution in [2.75, 3.05) is 6.61 Å². The van der Waals surface area contributed by atoms with Crippen molar-refractivity contribution in [3.05, 3.63) is 0 Å². The van der Waals surface area contributed by atoms with Gasteiger partial charge in [-0.15, -0.1) is 0 Å². The zero-order chi connectivity index (χ0) is 15.6. The topological polar surface area (TPSA) is 26.3 Å². The zero-order valence-corrected chi connectivity index (χ0v) is 15.8. The van der Waals surface area contributed by atoms with E-state index in [1.54, 1.807) is 0 Å². The maximum Gasteiger partial charge on any atom is 0.241 e. The van der Waals surface area contributed by atoms with Gasteiger partial charge in [0.2, 0.25) is 7.37 Å². The van der Waals surface area contributed by atoms with Gasteiger partial charge in [-0.25, -0.2) is 0 Å². The lowest BCUT2D eigenvalue weighted by molar-refractivity contribution is 0.212. The van der Waals surface area contributed by atoms with Gasteiger partial charge in [0.1, 0.15) is 0 Å². The Labute approximate surface area is 134 Å². The van der Waals surface area contributed by atoms with Crippen LogP contribution in [-0.2, 0) is 9.09 Å². The Hall–Kier alpha value is 0.770. The minimum atomic E-state index is -3.11. The third-order valence-corrected chi connectivity index (χ3v) is 9.91. The smallest absolute Gasteiger partial charge is 0.241 e. The van der Waals surface area contributed by atoms with Crippen LogP contribution in [0.3, 0.4) is 0 Å². The molecule has 0 aromatic carbocycles. The third kappa shape index (κ3) is 3.75. The van der Waals surface area contributed by atoms with E-state index >= 15 is 0 Å². The van der Waals surface area contributed by atoms with Gasteiger partial charge in [-0.3, -0.25) is 4.57 Å². The molecule has 0 N–H and O–H groups in total. The summed E-state index contributed by atoms with van der Waals surface area (Å²) in [7, 11) is -3.11. The summed E-state index contributed by atoms with van der Waals surface area (Å²) in [5.74, 6) is 1.42. The fraction of sp³-hybridized carbons (Fsp3) is 1.00. The summed E-state index contributed by atoms with van der Waals surface area (Å²) in [6.07, 6.45) is 3.63.